The number of pyridine rings is 1. The monoisotopic (exact) mass is 447 g/mol. The Labute approximate surface area is 190 Å². The van der Waals surface area contributed by atoms with Crippen LogP contribution in [0.1, 0.15) is 31.0 Å². The number of thioether (sulfide) groups is 1. The number of nitrogens with one attached hydrogen (secondary N) is 2. The summed E-state index contributed by atoms with van der Waals surface area (Å²) in [7, 11) is 0. The Bertz CT molecular complexity index is 1360. The van der Waals surface area contributed by atoms with Crippen molar-refractivity contribution in [3.63, 3.8) is 0 Å². The second-order valence-corrected chi connectivity index (χ2v) is 8.90. The predicted molar refractivity (Wildman–Crippen MR) is 128 cm³/mol. The third-order valence-electron chi connectivity index (χ3n) is 5.63. The summed E-state index contributed by atoms with van der Waals surface area (Å²) in [5.74, 6) is 0.459. The highest BCUT2D eigenvalue weighted by Crippen LogP contribution is 2.24. The Morgan fingerprint density at radius 2 is 2.03 bits per heavy atom. The number of fused-ring (bicyclic) bond motifs is 2. The van der Waals surface area contributed by atoms with E-state index in [1.54, 1.807) is 28.8 Å². The van der Waals surface area contributed by atoms with E-state index in [0.29, 0.717) is 17.0 Å². The van der Waals surface area contributed by atoms with E-state index in [2.05, 4.69) is 32.7 Å². The first-order valence-electron chi connectivity index (χ1n) is 10.7. The largest absolute Gasteiger partial charge is 0.324 e. The van der Waals surface area contributed by atoms with E-state index in [1.165, 1.54) is 11.1 Å². The van der Waals surface area contributed by atoms with Gasteiger partial charge < -0.3 is 10.6 Å². The Hall–Kier alpha value is -3.17. The summed E-state index contributed by atoms with van der Waals surface area (Å²) in [5, 5.41) is 8.08. The first kappa shape index (κ1) is 20.7. The quantitative estimate of drug-likeness (QED) is 0.451. The van der Waals surface area contributed by atoms with Crippen LogP contribution in [0.25, 0.3) is 16.7 Å². The first-order valence-corrected chi connectivity index (χ1v) is 11.9. The molecule has 0 atom stereocenters. The smallest absolute Gasteiger partial charge is 0.278 e. The molecule has 8 nitrogen and oxygen atoms in total. The number of rotatable bonds is 5. The topological polar surface area (TPSA) is 89.7 Å². The summed E-state index contributed by atoms with van der Waals surface area (Å²) in [6, 6.07) is 10.1. The minimum atomic E-state index is -0.106. The van der Waals surface area contributed by atoms with Crippen LogP contribution >= 0.6 is 11.8 Å². The molecule has 164 valence electrons. The second-order valence-electron chi connectivity index (χ2n) is 8.08. The van der Waals surface area contributed by atoms with Crippen LogP contribution in [0, 0.1) is 0 Å². The highest BCUT2D eigenvalue weighted by atomic mass is 32.2. The van der Waals surface area contributed by atoms with E-state index in [9.17, 15) is 4.79 Å². The third-order valence-corrected chi connectivity index (χ3v) is 6.28. The lowest BCUT2D eigenvalue weighted by Crippen LogP contribution is -2.24. The predicted octanol–water partition coefficient (Wildman–Crippen LogP) is 3.67. The standard InChI is InChI=1S/C23H25N7OS/c1-14(2)29-22(31)19-13-26-23(27-17-5-4-16-12-24-8-6-15(16)10-17)28-21(19)30(29)18-7-9-25-20(11-18)32-3/h4-5,7,9-11,13-14,24H,6,8,12H2,1-3H3,(H,26,27,28). The molecule has 0 saturated carbocycles. The SMILES string of the molecule is CSc1cc(-n2c3nc(Nc4ccc5c(c4)CCNC5)ncc3c(=O)n2C(C)C)ccn1. The van der Waals surface area contributed by atoms with Gasteiger partial charge in [0.1, 0.15) is 5.39 Å². The van der Waals surface area contributed by atoms with E-state index in [4.69, 9.17) is 4.98 Å². The summed E-state index contributed by atoms with van der Waals surface area (Å²) in [5.41, 5.74) is 4.90. The average Bonchev–Trinajstić information content (AvgIpc) is 3.11. The number of nitrogens with zero attached hydrogens (tertiary/aromatic N) is 5. The van der Waals surface area contributed by atoms with E-state index < -0.39 is 0 Å². The molecule has 1 aromatic carbocycles. The van der Waals surface area contributed by atoms with Crippen molar-refractivity contribution in [1.29, 1.82) is 0 Å². The van der Waals surface area contributed by atoms with Crippen molar-refractivity contribution < 1.29 is 0 Å². The highest BCUT2D eigenvalue weighted by molar-refractivity contribution is 7.98. The van der Waals surface area contributed by atoms with Gasteiger partial charge in [0.15, 0.2) is 5.65 Å². The van der Waals surface area contributed by atoms with Gasteiger partial charge in [-0.2, -0.15) is 4.98 Å². The molecule has 1 aliphatic heterocycles. The van der Waals surface area contributed by atoms with E-state index in [0.717, 1.165) is 35.9 Å². The molecule has 0 unspecified atom stereocenters. The molecule has 32 heavy (non-hydrogen) atoms. The molecule has 0 radical (unpaired) electrons. The maximum Gasteiger partial charge on any atom is 0.278 e. The van der Waals surface area contributed by atoms with Crippen LogP contribution in [0.15, 0.2) is 52.5 Å². The van der Waals surface area contributed by atoms with Crippen molar-refractivity contribution in [3.8, 4) is 5.69 Å². The normalized spacial score (nSPS) is 13.5. The molecule has 0 bridgehead atoms. The lowest BCUT2D eigenvalue weighted by atomic mass is 10.0. The molecular weight excluding hydrogens is 422 g/mol. The van der Waals surface area contributed by atoms with E-state index in [-0.39, 0.29) is 11.6 Å². The number of aromatic nitrogens is 5. The van der Waals surface area contributed by atoms with Gasteiger partial charge in [0.2, 0.25) is 5.95 Å². The Balaban J connectivity index is 1.62. The molecule has 2 N–H and O–H groups in total. The van der Waals surface area contributed by atoms with Gasteiger partial charge in [-0.3, -0.25) is 4.79 Å². The summed E-state index contributed by atoms with van der Waals surface area (Å²) in [6.07, 6.45) is 6.35. The molecule has 0 amide bonds. The Morgan fingerprint density at radius 3 is 2.84 bits per heavy atom. The summed E-state index contributed by atoms with van der Waals surface area (Å²) >= 11 is 1.56. The van der Waals surface area contributed by atoms with Gasteiger partial charge in [-0.1, -0.05) is 6.07 Å². The maximum absolute atomic E-state index is 13.2. The number of hydrogen-bond acceptors (Lipinski definition) is 7. The van der Waals surface area contributed by atoms with Crippen molar-refractivity contribution in [3.05, 3.63) is 64.2 Å². The van der Waals surface area contributed by atoms with E-state index in [1.807, 2.05) is 43.0 Å². The molecule has 4 aromatic rings. The molecule has 0 aliphatic carbocycles. The zero-order chi connectivity index (χ0) is 22.2. The van der Waals surface area contributed by atoms with Crippen molar-refractivity contribution in [2.75, 3.05) is 18.1 Å². The molecule has 3 aromatic heterocycles. The molecule has 5 rings (SSSR count). The molecule has 9 heteroatoms. The van der Waals surface area contributed by atoms with Crippen molar-refractivity contribution in [2.45, 2.75) is 37.9 Å². The number of benzene rings is 1. The van der Waals surface area contributed by atoms with Gasteiger partial charge in [0, 0.05) is 30.7 Å². The van der Waals surface area contributed by atoms with Crippen LogP contribution in [0.2, 0.25) is 0 Å². The fraction of sp³-hybridized carbons (Fsp3) is 0.304. The molecule has 4 heterocycles. The van der Waals surface area contributed by atoms with Crippen molar-refractivity contribution in [2.24, 2.45) is 0 Å². The van der Waals surface area contributed by atoms with Gasteiger partial charge in [-0.05, 0) is 68.5 Å². The van der Waals surface area contributed by atoms with Gasteiger partial charge in [-0.15, -0.1) is 11.8 Å². The molecular formula is C23H25N7OS. The minimum absolute atomic E-state index is 0.0479. The van der Waals surface area contributed by atoms with Crippen LogP contribution in [0.4, 0.5) is 11.6 Å². The van der Waals surface area contributed by atoms with Crippen LogP contribution in [0.3, 0.4) is 0 Å². The Morgan fingerprint density at radius 1 is 1.16 bits per heavy atom. The van der Waals surface area contributed by atoms with Gasteiger partial charge >= 0.3 is 0 Å². The zero-order valence-electron chi connectivity index (χ0n) is 18.3. The van der Waals surface area contributed by atoms with Gasteiger partial charge in [0.25, 0.3) is 5.56 Å². The molecule has 0 spiro atoms. The Kier molecular flexibility index (Phi) is 5.44. The van der Waals surface area contributed by atoms with Crippen molar-refractivity contribution >= 4 is 34.4 Å². The highest BCUT2D eigenvalue weighted by Gasteiger charge is 2.20. The lowest BCUT2D eigenvalue weighted by Gasteiger charge is -2.18. The molecule has 0 fully saturated rings. The van der Waals surface area contributed by atoms with E-state index >= 15 is 0 Å². The number of hydrogen-bond donors (Lipinski definition) is 2. The zero-order valence-corrected chi connectivity index (χ0v) is 19.1. The first-order chi connectivity index (χ1) is 15.5. The summed E-state index contributed by atoms with van der Waals surface area (Å²) < 4.78 is 3.59. The summed E-state index contributed by atoms with van der Waals surface area (Å²) in [4.78, 5) is 26.7. The average molecular weight is 448 g/mol. The fourth-order valence-corrected chi connectivity index (χ4v) is 4.51. The second kappa shape index (κ2) is 8.40. The van der Waals surface area contributed by atoms with Crippen molar-refractivity contribution in [1.82, 2.24) is 29.6 Å². The minimum Gasteiger partial charge on any atom is -0.324 e. The van der Waals surface area contributed by atoms with Crippen LogP contribution < -0.4 is 16.2 Å². The number of anilines is 2. The van der Waals surface area contributed by atoms with Gasteiger partial charge in [-0.25, -0.2) is 19.3 Å². The third kappa shape index (κ3) is 3.67. The fourth-order valence-electron chi connectivity index (χ4n) is 4.10. The lowest BCUT2D eigenvalue weighted by molar-refractivity contribution is 0.475. The van der Waals surface area contributed by atoms with Crippen LogP contribution in [0.5, 0.6) is 0 Å². The molecule has 0 saturated heterocycles. The molecule has 1 aliphatic rings. The summed E-state index contributed by atoms with van der Waals surface area (Å²) in [6.45, 7) is 5.86. The van der Waals surface area contributed by atoms with Gasteiger partial charge in [0.05, 0.1) is 10.7 Å². The maximum atomic E-state index is 13.2. The van der Waals surface area contributed by atoms with Crippen LogP contribution in [-0.2, 0) is 13.0 Å². The van der Waals surface area contributed by atoms with Crippen LogP contribution in [-0.4, -0.2) is 37.1 Å².